The average Bonchev–Trinajstić information content (AvgIpc) is 2.17. The lowest BCUT2D eigenvalue weighted by molar-refractivity contribution is 0.467. The largest absolute Gasteiger partial charge is 0.508 e. The van der Waals surface area contributed by atoms with E-state index in [0.29, 0.717) is 11.3 Å². The Kier molecular flexibility index (Phi) is 4.36. The van der Waals surface area contributed by atoms with E-state index < -0.39 is 10.0 Å². The van der Waals surface area contributed by atoms with Crippen LogP contribution in [0.2, 0.25) is 0 Å². The second-order valence-electron chi connectivity index (χ2n) is 4.38. The summed E-state index contributed by atoms with van der Waals surface area (Å²) in [6.45, 7) is 3.71. The van der Waals surface area contributed by atoms with Crippen LogP contribution in [0.15, 0.2) is 18.2 Å². The zero-order chi connectivity index (χ0) is 13.1. The lowest BCUT2D eigenvalue weighted by Crippen LogP contribution is -2.28. The highest BCUT2D eigenvalue weighted by Crippen LogP contribution is 2.19. The number of anilines is 1. The predicted octanol–water partition coefficient (Wildman–Crippen LogP) is 1.05. The monoisotopic (exact) mass is 258 g/mol. The molecular weight excluding hydrogens is 240 g/mol. The molecule has 96 valence electrons. The molecule has 0 unspecified atom stereocenters. The molecule has 0 atom stereocenters. The maximum Gasteiger partial charge on any atom is 0.212 e. The van der Waals surface area contributed by atoms with Crippen molar-refractivity contribution in [1.82, 2.24) is 4.72 Å². The van der Waals surface area contributed by atoms with Crippen LogP contribution in [0.3, 0.4) is 0 Å². The Bertz CT molecular complexity index is 483. The van der Waals surface area contributed by atoms with Crippen molar-refractivity contribution in [3.8, 4) is 5.75 Å². The predicted molar refractivity (Wildman–Crippen MR) is 68.0 cm³/mol. The molecule has 0 fully saturated rings. The highest BCUT2D eigenvalue weighted by Gasteiger charge is 2.13. The van der Waals surface area contributed by atoms with Crippen molar-refractivity contribution >= 4 is 15.7 Å². The van der Waals surface area contributed by atoms with Crippen molar-refractivity contribution in [2.45, 2.75) is 20.4 Å². The van der Waals surface area contributed by atoms with Crippen molar-refractivity contribution in [1.29, 1.82) is 0 Å². The van der Waals surface area contributed by atoms with E-state index in [0.717, 1.165) is 0 Å². The molecule has 0 aromatic heterocycles. The molecule has 0 aliphatic heterocycles. The van der Waals surface area contributed by atoms with Gasteiger partial charge >= 0.3 is 0 Å². The fraction of sp³-hybridized carbons (Fsp3) is 0.455. The summed E-state index contributed by atoms with van der Waals surface area (Å²) < 4.78 is 25.6. The second-order valence-corrected chi connectivity index (χ2v) is 6.24. The number of benzene rings is 1. The Morgan fingerprint density at radius 2 is 2.06 bits per heavy atom. The van der Waals surface area contributed by atoms with Gasteiger partial charge < -0.3 is 10.8 Å². The van der Waals surface area contributed by atoms with Gasteiger partial charge in [-0.3, -0.25) is 0 Å². The van der Waals surface area contributed by atoms with Gasteiger partial charge in [-0.1, -0.05) is 13.8 Å². The molecule has 0 heterocycles. The topological polar surface area (TPSA) is 92.4 Å². The first-order chi connectivity index (χ1) is 7.80. The summed E-state index contributed by atoms with van der Waals surface area (Å²) in [5.41, 5.74) is 6.52. The standard InChI is InChI=1S/C11H18N2O3S/c1-8(2)7-17(15,16)13-6-9-5-10(12)3-4-11(9)14/h3-5,8,13-14H,6-7,12H2,1-2H3. The molecule has 0 bridgehead atoms. The molecule has 0 amide bonds. The molecule has 5 nitrogen and oxygen atoms in total. The fourth-order valence-electron chi connectivity index (χ4n) is 1.43. The van der Waals surface area contributed by atoms with E-state index >= 15 is 0 Å². The van der Waals surface area contributed by atoms with Gasteiger partial charge in [-0.15, -0.1) is 0 Å². The normalized spacial score (nSPS) is 11.9. The number of rotatable bonds is 5. The average molecular weight is 258 g/mol. The highest BCUT2D eigenvalue weighted by atomic mass is 32.2. The first kappa shape index (κ1) is 13.8. The number of phenolic OH excluding ortho intramolecular Hbond substituents is 1. The molecule has 6 heteroatoms. The highest BCUT2D eigenvalue weighted by molar-refractivity contribution is 7.89. The number of nitrogens with two attached hydrogens (primary N) is 1. The smallest absolute Gasteiger partial charge is 0.212 e. The van der Waals surface area contributed by atoms with E-state index in [4.69, 9.17) is 5.73 Å². The lowest BCUT2D eigenvalue weighted by Gasteiger charge is -2.10. The van der Waals surface area contributed by atoms with E-state index in [2.05, 4.69) is 4.72 Å². The van der Waals surface area contributed by atoms with Gasteiger partial charge in [-0.05, 0) is 24.1 Å². The molecule has 0 radical (unpaired) electrons. The minimum absolute atomic E-state index is 0.0337. The van der Waals surface area contributed by atoms with Crippen LogP contribution in [0.5, 0.6) is 5.75 Å². The molecular formula is C11H18N2O3S. The van der Waals surface area contributed by atoms with Crippen LogP contribution in [0.25, 0.3) is 0 Å². The van der Waals surface area contributed by atoms with E-state index in [1.165, 1.54) is 6.07 Å². The van der Waals surface area contributed by atoms with Crippen molar-refractivity contribution in [3.05, 3.63) is 23.8 Å². The van der Waals surface area contributed by atoms with Gasteiger partial charge in [0.05, 0.1) is 5.75 Å². The molecule has 1 aromatic rings. The summed E-state index contributed by atoms with van der Waals surface area (Å²) in [4.78, 5) is 0. The van der Waals surface area contributed by atoms with Crippen LogP contribution < -0.4 is 10.5 Å². The lowest BCUT2D eigenvalue weighted by atomic mass is 10.2. The number of hydrogen-bond donors (Lipinski definition) is 3. The van der Waals surface area contributed by atoms with Crippen molar-refractivity contribution < 1.29 is 13.5 Å². The third-order valence-electron chi connectivity index (χ3n) is 2.14. The third kappa shape index (κ3) is 4.62. The van der Waals surface area contributed by atoms with Crippen LogP contribution in [0, 0.1) is 5.92 Å². The zero-order valence-electron chi connectivity index (χ0n) is 9.97. The molecule has 0 aliphatic carbocycles. The van der Waals surface area contributed by atoms with Gasteiger partial charge in [-0.25, -0.2) is 13.1 Å². The number of sulfonamides is 1. The van der Waals surface area contributed by atoms with Crippen LogP contribution >= 0.6 is 0 Å². The van der Waals surface area contributed by atoms with Crippen LogP contribution in [0.4, 0.5) is 5.69 Å². The maximum absolute atomic E-state index is 11.6. The quantitative estimate of drug-likeness (QED) is 0.543. The van der Waals surface area contributed by atoms with E-state index in [-0.39, 0.29) is 24.0 Å². The number of nitrogens with one attached hydrogen (secondary N) is 1. The minimum atomic E-state index is -3.31. The number of nitrogen functional groups attached to an aromatic ring is 1. The summed E-state index contributed by atoms with van der Waals surface area (Å²) >= 11 is 0. The van der Waals surface area contributed by atoms with Crippen molar-refractivity contribution in [2.75, 3.05) is 11.5 Å². The SMILES string of the molecule is CC(C)CS(=O)(=O)NCc1cc(N)ccc1O. The molecule has 0 spiro atoms. The van der Waals surface area contributed by atoms with E-state index in [1.54, 1.807) is 12.1 Å². The number of hydrogen-bond acceptors (Lipinski definition) is 4. The molecule has 17 heavy (non-hydrogen) atoms. The molecule has 1 aromatic carbocycles. The van der Waals surface area contributed by atoms with Gasteiger partial charge in [0.1, 0.15) is 5.75 Å². The molecule has 0 saturated carbocycles. The second kappa shape index (κ2) is 5.37. The van der Waals surface area contributed by atoms with Crippen LogP contribution in [-0.4, -0.2) is 19.3 Å². The summed E-state index contributed by atoms with van der Waals surface area (Å²) in [6, 6.07) is 4.55. The number of aromatic hydroxyl groups is 1. The molecule has 0 aliphatic rings. The summed E-state index contributed by atoms with van der Waals surface area (Å²) in [5, 5.41) is 9.52. The van der Waals surface area contributed by atoms with Crippen molar-refractivity contribution in [2.24, 2.45) is 5.92 Å². The molecule has 4 N–H and O–H groups in total. The van der Waals surface area contributed by atoms with Gasteiger partial charge in [-0.2, -0.15) is 0 Å². The fourth-order valence-corrected chi connectivity index (χ4v) is 2.80. The Hall–Kier alpha value is -1.27. The summed E-state index contributed by atoms with van der Waals surface area (Å²) in [6.07, 6.45) is 0. The van der Waals surface area contributed by atoms with Crippen molar-refractivity contribution in [3.63, 3.8) is 0 Å². The van der Waals surface area contributed by atoms with Gasteiger partial charge in [0.25, 0.3) is 0 Å². The van der Waals surface area contributed by atoms with Gasteiger partial charge in [0, 0.05) is 17.8 Å². The Morgan fingerprint density at radius 3 is 2.65 bits per heavy atom. The Balaban J connectivity index is 2.70. The summed E-state index contributed by atoms with van der Waals surface area (Å²) in [7, 11) is -3.31. The maximum atomic E-state index is 11.6. The first-order valence-electron chi connectivity index (χ1n) is 5.35. The minimum Gasteiger partial charge on any atom is -0.508 e. The van der Waals surface area contributed by atoms with E-state index in [1.807, 2.05) is 13.8 Å². The molecule has 1 rings (SSSR count). The Labute approximate surface area is 102 Å². The number of phenols is 1. The van der Waals surface area contributed by atoms with Crippen LogP contribution in [-0.2, 0) is 16.6 Å². The van der Waals surface area contributed by atoms with Crippen LogP contribution in [0.1, 0.15) is 19.4 Å². The first-order valence-corrected chi connectivity index (χ1v) is 7.00. The van der Waals surface area contributed by atoms with Gasteiger partial charge in [0.2, 0.25) is 10.0 Å². The molecule has 0 saturated heterocycles. The zero-order valence-corrected chi connectivity index (χ0v) is 10.8. The van der Waals surface area contributed by atoms with Gasteiger partial charge in [0.15, 0.2) is 0 Å². The Morgan fingerprint density at radius 1 is 1.41 bits per heavy atom. The third-order valence-corrected chi connectivity index (χ3v) is 3.83. The summed E-state index contributed by atoms with van der Waals surface area (Å²) in [5.74, 6) is 0.157. The van der Waals surface area contributed by atoms with E-state index in [9.17, 15) is 13.5 Å².